The third-order valence-corrected chi connectivity index (χ3v) is 3.49. The van der Waals surface area contributed by atoms with Gasteiger partial charge in [-0.3, -0.25) is 14.9 Å². The molecule has 2 aromatic rings. The van der Waals surface area contributed by atoms with Gasteiger partial charge in [-0.1, -0.05) is 28.1 Å². The van der Waals surface area contributed by atoms with E-state index in [0.717, 1.165) is 0 Å². The van der Waals surface area contributed by atoms with Crippen LogP contribution in [-0.2, 0) is 4.79 Å². The van der Waals surface area contributed by atoms with Gasteiger partial charge in [0.25, 0.3) is 5.69 Å². The van der Waals surface area contributed by atoms with Crippen LogP contribution in [0, 0.1) is 10.1 Å². The fraction of sp³-hybridized carbons (Fsp3) is 0.0909. The summed E-state index contributed by atoms with van der Waals surface area (Å²) in [6.07, 6.45) is 0. The van der Waals surface area contributed by atoms with Crippen LogP contribution in [0.5, 0.6) is 0 Å². The molecule has 19 heavy (non-hydrogen) atoms. The number of aromatic nitrogens is 1. The van der Waals surface area contributed by atoms with Crippen LogP contribution in [0.2, 0.25) is 0 Å². The van der Waals surface area contributed by atoms with E-state index in [9.17, 15) is 14.9 Å². The number of nitro benzene ring substituents is 1. The summed E-state index contributed by atoms with van der Waals surface area (Å²) >= 11 is 4.31. The molecule has 0 aliphatic carbocycles. The third-order valence-electron chi connectivity index (χ3n) is 2.22. The normalized spacial score (nSPS) is 10.2. The SMILES string of the molecule is O=C(CBr)Nc1nc(-c2cccc([N+](=O)[O-])c2)cs1. The van der Waals surface area contributed by atoms with Gasteiger partial charge in [0.1, 0.15) is 0 Å². The molecule has 1 aromatic heterocycles. The first kappa shape index (κ1) is 13.6. The van der Waals surface area contributed by atoms with Crippen molar-refractivity contribution in [3.63, 3.8) is 0 Å². The molecule has 1 heterocycles. The van der Waals surface area contributed by atoms with E-state index in [4.69, 9.17) is 0 Å². The molecule has 8 heteroatoms. The predicted octanol–water partition coefficient (Wildman–Crippen LogP) is 3.05. The summed E-state index contributed by atoms with van der Waals surface area (Å²) in [6.45, 7) is 0. The van der Waals surface area contributed by atoms with Crippen LogP contribution < -0.4 is 5.32 Å². The lowest BCUT2D eigenvalue weighted by Crippen LogP contribution is -2.11. The van der Waals surface area contributed by atoms with Crippen LogP contribution in [0.3, 0.4) is 0 Å². The number of rotatable bonds is 4. The Morgan fingerprint density at radius 1 is 1.53 bits per heavy atom. The number of thiazole rings is 1. The van der Waals surface area contributed by atoms with Crippen molar-refractivity contribution in [1.29, 1.82) is 0 Å². The first-order valence-electron chi connectivity index (χ1n) is 5.16. The van der Waals surface area contributed by atoms with E-state index in [1.807, 2.05) is 0 Å². The number of carbonyl (C=O) groups is 1. The summed E-state index contributed by atoms with van der Waals surface area (Å²) in [5.74, 6) is -0.194. The van der Waals surface area contributed by atoms with Crippen molar-refractivity contribution < 1.29 is 9.72 Å². The molecule has 0 spiro atoms. The lowest BCUT2D eigenvalue weighted by molar-refractivity contribution is -0.384. The topological polar surface area (TPSA) is 85.1 Å². The Balaban J connectivity index is 2.25. The minimum atomic E-state index is -0.455. The van der Waals surface area contributed by atoms with Gasteiger partial charge >= 0.3 is 0 Å². The van der Waals surface area contributed by atoms with E-state index in [1.165, 1.54) is 23.5 Å². The molecule has 6 nitrogen and oxygen atoms in total. The largest absolute Gasteiger partial charge is 0.301 e. The average Bonchev–Trinajstić information content (AvgIpc) is 2.87. The summed E-state index contributed by atoms with van der Waals surface area (Å²) < 4.78 is 0. The van der Waals surface area contributed by atoms with E-state index < -0.39 is 4.92 Å². The fourth-order valence-corrected chi connectivity index (χ4v) is 2.27. The fourth-order valence-electron chi connectivity index (χ4n) is 1.40. The summed E-state index contributed by atoms with van der Waals surface area (Å²) in [4.78, 5) is 25.6. The number of halogens is 1. The third kappa shape index (κ3) is 3.36. The van der Waals surface area contributed by atoms with Crippen LogP contribution in [0.4, 0.5) is 10.8 Å². The minimum absolute atomic E-state index is 0.0107. The molecule has 0 bridgehead atoms. The molecule has 1 aromatic carbocycles. The first-order chi connectivity index (χ1) is 9.10. The molecule has 0 fully saturated rings. The standard InChI is InChI=1S/C11H8BrN3O3S/c12-5-10(16)14-11-13-9(6-19-11)7-2-1-3-8(4-7)15(17)18/h1-4,6H,5H2,(H,13,14,16). The van der Waals surface area contributed by atoms with Crippen LogP contribution in [-0.4, -0.2) is 21.1 Å². The van der Waals surface area contributed by atoms with Gasteiger partial charge in [0.2, 0.25) is 5.91 Å². The summed E-state index contributed by atoms with van der Waals surface area (Å²) in [5.41, 5.74) is 1.25. The maximum atomic E-state index is 11.2. The average molecular weight is 342 g/mol. The van der Waals surface area contributed by atoms with Crippen molar-refractivity contribution >= 4 is 44.0 Å². The molecule has 1 N–H and O–H groups in total. The van der Waals surface area contributed by atoms with Crippen molar-refractivity contribution in [2.24, 2.45) is 0 Å². The van der Waals surface area contributed by atoms with Crippen molar-refractivity contribution in [3.8, 4) is 11.3 Å². The second kappa shape index (κ2) is 5.89. The Morgan fingerprint density at radius 3 is 3.00 bits per heavy atom. The van der Waals surface area contributed by atoms with Crippen LogP contribution in [0.1, 0.15) is 0 Å². The molecule has 0 radical (unpaired) electrons. The summed E-state index contributed by atoms with van der Waals surface area (Å²) in [5, 5.41) is 15.7. The van der Waals surface area contributed by atoms with Crippen LogP contribution in [0.15, 0.2) is 29.6 Å². The smallest absolute Gasteiger partial charge is 0.270 e. The molecule has 0 aliphatic heterocycles. The second-order valence-corrected chi connectivity index (χ2v) is 4.95. The number of hydrogen-bond donors (Lipinski definition) is 1. The van der Waals surface area contributed by atoms with E-state index in [-0.39, 0.29) is 16.9 Å². The Labute approximate surface area is 120 Å². The lowest BCUT2D eigenvalue weighted by Gasteiger charge is -1.97. The Bertz CT molecular complexity index is 629. The Kier molecular flexibility index (Phi) is 4.23. The van der Waals surface area contributed by atoms with E-state index in [1.54, 1.807) is 17.5 Å². The van der Waals surface area contributed by atoms with Gasteiger partial charge in [-0.25, -0.2) is 4.98 Å². The van der Waals surface area contributed by atoms with Gasteiger partial charge in [0, 0.05) is 23.1 Å². The van der Waals surface area contributed by atoms with Crippen molar-refractivity contribution in [3.05, 3.63) is 39.8 Å². The zero-order valence-electron chi connectivity index (χ0n) is 9.50. The van der Waals surface area contributed by atoms with E-state index in [0.29, 0.717) is 16.4 Å². The number of nitrogens with one attached hydrogen (secondary N) is 1. The number of anilines is 1. The second-order valence-electron chi connectivity index (χ2n) is 3.53. The number of amides is 1. The number of nitro groups is 1. The number of benzene rings is 1. The van der Waals surface area contributed by atoms with E-state index >= 15 is 0 Å². The van der Waals surface area contributed by atoms with Crippen molar-refractivity contribution in [2.75, 3.05) is 10.6 Å². The zero-order valence-corrected chi connectivity index (χ0v) is 11.9. The molecule has 0 saturated heterocycles. The number of carbonyl (C=O) groups excluding carboxylic acids is 1. The molecule has 0 aliphatic rings. The van der Waals surface area contributed by atoms with Crippen molar-refractivity contribution in [2.45, 2.75) is 0 Å². The minimum Gasteiger partial charge on any atom is -0.301 e. The highest BCUT2D eigenvalue weighted by Crippen LogP contribution is 2.27. The number of hydrogen-bond acceptors (Lipinski definition) is 5. The Hall–Kier alpha value is -1.80. The highest BCUT2D eigenvalue weighted by atomic mass is 79.9. The zero-order chi connectivity index (χ0) is 13.8. The molecular weight excluding hydrogens is 334 g/mol. The number of non-ortho nitro benzene ring substituents is 1. The van der Waals surface area contributed by atoms with Gasteiger partial charge in [-0.15, -0.1) is 11.3 Å². The van der Waals surface area contributed by atoms with Crippen LogP contribution >= 0.6 is 27.3 Å². The van der Waals surface area contributed by atoms with Gasteiger partial charge in [-0.05, 0) is 0 Å². The lowest BCUT2D eigenvalue weighted by atomic mass is 10.1. The molecule has 98 valence electrons. The summed E-state index contributed by atoms with van der Waals surface area (Å²) in [7, 11) is 0. The van der Waals surface area contributed by atoms with Gasteiger partial charge in [0.05, 0.1) is 15.9 Å². The summed E-state index contributed by atoms with van der Waals surface area (Å²) in [6, 6.07) is 6.20. The number of alkyl halides is 1. The van der Waals surface area contributed by atoms with Gasteiger partial charge in [-0.2, -0.15) is 0 Å². The maximum Gasteiger partial charge on any atom is 0.270 e. The van der Waals surface area contributed by atoms with Gasteiger partial charge in [0.15, 0.2) is 5.13 Å². The number of nitrogens with zero attached hydrogens (tertiary/aromatic N) is 2. The predicted molar refractivity (Wildman–Crippen MR) is 76.6 cm³/mol. The molecule has 0 unspecified atom stereocenters. The molecule has 0 saturated carbocycles. The highest BCUT2D eigenvalue weighted by Gasteiger charge is 2.10. The maximum absolute atomic E-state index is 11.2. The Morgan fingerprint density at radius 2 is 2.32 bits per heavy atom. The molecule has 1 amide bonds. The van der Waals surface area contributed by atoms with E-state index in [2.05, 4.69) is 26.2 Å². The molecular formula is C11H8BrN3O3S. The van der Waals surface area contributed by atoms with Crippen molar-refractivity contribution in [1.82, 2.24) is 4.98 Å². The van der Waals surface area contributed by atoms with Gasteiger partial charge < -0.3 is 5.32 Å². The highest BCUT2D eigenvalue weighted by molar-refractivity contribution is 9.09. The quantitative estimate of drug-likeness (QED) is 0.526. The van der Waals surface area contributed by atoms with Crippen LogP contribution in [0.25, 0.3) is 11.3 Å². The molecule has 0 atom stereocenters. The molecule has 2 rings (SSSR count). The monoisotopic (exact) mass is 341 g/mol. The first-order valence-corrected chi connectivity index (χ1v) is 7.16.